The molecular weight excluding hydrogens is 256 g/mol. The van der Waals surface area contributed by atoms with Gasteiger partial charge >= 0.3 is 5.97 Å². The molecule has 2 atom stereocenters. The van der Waals surface area contributed by atoms with E-state index >= 15 is 0 Å². The molecule has 0 radical (unpaired) electrons. The summed E-state index contributed by atoms with van der Waals surface area (Å²) in [7, 11) is 0. The van der Waals surface area contributed by atoms with Crippen LogP contribution in [-0.4, -0.2) is 35.5 Å². The summed E-state index contributed by atoms with van der Waals surface area (Å²) >= 11 is 0. The van der Waals surface area contributed by atoms with E-state index in [4.69, 9.17) is 14.6 Å². The maximum atomic E-state index is 11.6. The van der Waals surface area contributed by atoms with Crippen LogP contribution in [0.1, 0.15) is 44.9 Å². The van der Waals surface area contributed by atoms with E-state index in [9.17, 15) is 4.79 Å². The van der Waals surface area contributed by atoms with Gasteiger partial charge in [-0.05, 0) is 50.4 Å². The van der Waals surface area contributed by atoms with Gasteiger partial charge < -0.3 is 14.6 Å². The maximum absolute atomic E-state index is 11.6. The Balaban J connectivity index is 1.75. The molecule has 4 saturated carbocycles. The van der Waals surface area contributed by atoms with Crippen molar-refractivity contribution in [3.05, 3.63) is 12.7 Å². The molecule has 0 aromatic carbocycles. The highest BCUT2D eigenvalue weighted by Crippen LogP contribution is 2.60. The van der Waals surface area contributed by atoms with Crippen LogP contribution >= 0.6 is 0 Å². The molecule has 0 spiro atoms. The van der Waals surface area contributed by atoms with E-state index in [-0.39, 0.29) is 23.8 Å². The number of hydrogen-bond donors (Lipinski definition) is 1. The molecule has 4 aliphatic rings. The van der Waals surface area contributed by atoms with Crippen LogP contribution in [0.4, 0.5) is 0 Å². The van der Waals surface area contributed by atoms with Crippen molar-refractivity contribution in [2.75, 3.05) is 13.2 Å². The van der Waals surface area contributed by atoms with Crippen LogP contribution in [-0.2, 0) is 14.3 Å². The van der Waals surface area contributed by atoms with Gasteiger partial charge in [-0.3, -0.25) is 0 Å². The van der Waals surface area contributed by atoms with Gasteiger partial charge in [0.05, 0.1) is 5.60 Å². The zero-order chi connectivity index (χ0) is 14.2. The van der Waals surface area contributed by atoms with Gasteiger partial charge in [0.25, 0.3) is 0 Å². The predicted molar refractivity (Wildman–Crippen MR) is 74.1 cm³/mol. The van der Waals surface area contributed by atoms with Crippen molar-refractivity contribution in [2.45, 2.75) is 56.1 Å². The third-order valence-electron chi connectivity index (χ3n) is 5.15. The molecule has 4 fully saturated rings. The van der Waals surface area contributed by atoms with E-state index in [1.807, 2.05) is 0 Å². The summed E-state index contributed by atoms with van der Waals surface area (Å²) in [6.07, 6.45) is 8.14. The van der Waals surface area contributed by atoms with Crippen molar-refractivity contribution < 1.29 is 19.4 Å². The minimum Gasteiger partial charge on any atom is -0.456 e. The Labute approximate surface area is 120 Å². The molecule has 4 nitrogen and oxygen atoms in total. The lowest BCUT2D eigenvalue weighted by molar-refractivity contribution is -0.231. The fraction of sp³-hybridized carbons (Fsp3) is 0.812. The largest absolute Gasteiger partial charge is 0.456 e. The van der Waals surface area contributed by atoms with Crippen molar-refractivity contribution >= 4 is 5.97 Å². The van der Waals surface area contributed by atoms with Crippen LogP contribution < -0.4 is 0 Å². The number of ether oxygens (including phenoxy) is 2. The Hall–Kier alpha value is -0.870. The van der Waals surface area contributed by atoms with E-state index in [1.165, 1.54) is 12.5 Å². The molecule has 2 unspecified atom stereocenters. The first-order valence-corrected chi connectivity index (χ1v) is 7.69. The fourth-order valence-electron chi connectivity index (χ4n) is 4.99. The zero-order valence-electron chi connectivity index (χ0n) is 12.0. The van der Waals surface area contributed by atoms with Gasteiger partial charge in [-0.15, -0.1) is 0 Å². The van der Waals surface area contributed by atoms with Crippen LogP contribution in [0.25, 0.3) is 0 Å². The molecule has 4 bridgehead atoms. The van der Waals surface area contributed by atoms with Crippen LogP contribution in [0.15, 0.2) is 12.7 Å². The van der Waals surface area contributed by atoms with Gasteiger partial charge in [-0.1, -0.05) is 6.58 Å². The van der Waals surface area contributed by atoms with Crippen molar-refractivity contribution in [1.82, 2.24) is 0 Å². The maximum Gasteiger partial charge on any atom is 0.330 e. The van der Waals surface area contributed by atoms with Crippen LogP contribution in [0.5, 0.6) is 0 Å². The second-order valence-electron chi connectivity index (χ2n) is 6.88. The van der Waals surface area contributed by atoms with Gasteiger partial charge in [-0.2, -0.15) is 0 Å². The van der Waals surface area contributed by atoms with Gasteiger partial charge in [0, 0.05) is 25.7 Å². The third-order valence-corrected chi connectivity index (χ3v) is 5.15. The standard InChI is InChI=1S/C16H24O4/c1-2-14(18)20-16-9-12-6-13(10-16)8-15(7-12,11-16)19-5-3-4-17/h2,12-13,17H,1,3-11H2. The lowest BCUT2D eigenvalue weighted by Gasteiger charge is -2.60. The lowest BCUT2D eigenvalue weighted by atomic mass is 9.52. The number of aliphatic hydroxyl groups excluding tert-OH is 1. The van der Waals surface area contributed by atoms with Crippen LogP contribution in [0, 0.1) is 11.8 Å². The summed E-state index contributed by atoms with van der Waals surface area (Å²) in [6, 6.07) is 0. The van der Waals surface area contributed by atoms with E-state index in [1.54, 1.807) is 0 Å². The molecular formula is C16H24O4. The summed E-state index contributed by atoms with van der Waals surface area (Å²) in [5.74, 6) is 0.920. The van der Waals surface area contributed by atoms with Crippen molar-refractivity contribution in [3.8, 4) is 0 Å². The molecule has 0 saturated heterocycles. The number of hydrogen-bond acceptors (Lipinski definition) is 4. The molecule has 4 aliphatic carbocycles. The van der Waals surface area contributed by atoms with E-state index < -0.39 is 0 Å². The number of aliphatic hydroxyl groups is 1. The Morgan fingerprint density at radius 1 is 1.25 bits per heavy atom. The lowest BCUT2D eigenvalue weighted by Crippen LogP contribution is -2.61. The second kappa shape index (κ2) is 5.15. The average Bonchev–Trinajstić information content (AvgIpc) is 2.36. The molecule has 0 aliphatic heterocycles. The molecule has 4 heteroatoms. The van der Waals surface area contributed by atoms with Crippen molar-refractivity contribution in [3.63, 3.8) is 0 Å². The molecule has 4 rings (SSSR count). The number of esters is 1. The summed E-state index contributed by atoms with van der Waals surface area (Å²) < 4.78 is 11.9. The molecule has 112 valence electrons. The SMILES string of the molecule is C=CC(=O)OC12CC3CC(CC(OCCCO)(C3)C1)C2. The quantitative estimate of drug-likeness (QED) is 0.460. The van der Waals surface area contributed by atoms with Crippen molar-refractivity contribution in [2.24, 2.45) is 11.8 Å². The van der Waals surface area contributed by atoms with Crippen LogP contribution in [0.3, 0.4) is 0 Å². The topological polar surface area (TPSA) is 55.8 Å². The van der Waals surface area contributed by atoms with E-state index in [0.29, 0.717) is 24.9 Å². The average molecular weight is 280 g/mol. The molecule has 0 aromatic heterocycles. The van der Waals surface area contributed by atoms with Crippen LogP contribution in [0.2, 0.25) is 0 Å². The summed E-state index contributed by atoms with van der Waals surface area (Å²) in [4.78, 5) is 11.6. The monoisotopic (exact) mass is 280 g/mol. The second-order valence-corrected chi connectivity index (χ2v) is 6.88. The Bertz CT molecular complexity index is 389. The first-order valence-electron chi connectivity index (χ1n) is 7.69. The van der Waals surface area contributed by atoms with Crippen molar-refractivity contribution in [1.29, 1.82) is 0 Å². The smallest absolute Gasteiger partial charge is 0.330 e. The molecule has 20 heavy (non-hydrogen) atoms. The molecule has 0 amide bonds. The number of carbonyl (C=O) groups excluding carboxylic acids is 1. The minimum absolute atomic E-state index is 0.124. The number of carbonyl (C=O) groups is 1. The van der Waals surface area contributed by atoms with E-state index in [0.717, 1.165) is 32.1 Å². The first kappa shape index (κ1) is 14.1. The summed E-state index contributed by atoms with van der Waals surface area (Å²) in [5, 5.41) is 8.92. The molecule has 0 aromatic rings. The highest BCUT2D eigenvalue weighted by atomic mass is 16.6. The highest BCUT2D eigenvalue weighted by molar-refractivity contribution is 5.81. The molecule has 0 heterocycles. The summed E-state index contributed by atoms with van der Waals surface area (Å²) in [6.45, 7) is 4.27. The molecule has 1 N–H and O–H groups in total. The minimum atomic E-state index is -0.325. The number of rotatable bonds is 6. The normalized spacial score (nSPS) is 41.6. The highest BCUT2D eigenvalue weighted by Gasteiger charge is 2.60. The van der Waals surface area contributed by atoms with E-state index in [2.05, 4.69) is 6.58 Å². The predicted octanol–water partition coefficient (Wildman–Crippen LogP) is 2.21. The van der Waals surface area contributed by atoms with Gasteiger partial charge in [0.2, 0.25) is 0 Å². The Morgan fingerprint density at radius 2 is 1.90 bits per heavy atom. The van der Waals surface area contributed by atoms with Gasteiger partial charge in [-0.25, -0.2) is 4.79 Å². The van der Waals surface area contributed by atoms with Gasteiger partial charge in [0.1, 0.15) is 5.60 Å². The fourth-order valence-corrected chi connectivity index (χ4v) is 4.99. The first-order chi connectivity index (χ1) is 9.59. The Kier molecular flexibility index (Phi) is 3.63. The third kappa shape index (κ3) is 2.51. The van der Waals surface area contributed by atoms with Gasteiger partial charge in [0.15, 0.2) is 0 Å². The summed E-state index contributed by atoms with van der Waals surface area (Å²) in [5.41, 5.74) is -0.449. The zero-order valence-corrected chi connectivity index (χ0v) is 12.0. The Morgan fingerprint density at radius 3 is 2.50 bits per heavy atom.